The average Bonchev–Trinajstić information content (AvgIpc) is 2.79. The standard InChI is InChI=1S/C16H12FNO/c17-14-7-5-12(6-8-14)10-18-15(11-19)9-13-3-1-2-4-16(13)18/h1-9,11H,10H2. The maximum Gasteiger partial charge on any atom is 0.166 e. The molecule has 0 saturated carbocycles. The predicted octanol–water partition coefficient (Wildman–Crippen LogP) is 3.64. The van der Waals surface area contributed by atoms with Gasteiger partial charge in [-0.3, -0.25) is 4.79 Å². The minimum Gasteiger partial charge on any atom is -0.334 e. The maximum absolute atomic E-state index is 12.9. The topological polar surface area (TPSA) is 22.0 Å². The van der Waals surface area contributed by atoms with E-state index in [1.807, 2.05) is 34.9 Å². The number of aldehydes is 1. The Bertz CT molecular complexity index is 728. The average molecular weight is 253 g/mol. The first-order chi connectivity index (χ1) is 9.28. The van der Waals surface area contributed by atoms with E-state index in [1.165, 1.54) is 12.1 Å². The third kappa shape index (κ3) is 2.15. The summed E-state index contributed by atoms with van der Waals surface area (Å²) in [7, 11) is 0. The Morgan fingerprint density at radius 1 is 1.05 bits per heavy atom. The number of benzene rings is 2. The molecular weight excluding hydrogens is 241 g/mol. The molecule has 0 bridgehead atoms. The van der Waals surface area contributed by atoms with Crippen LogP contribution in [-0.4, -0.2) is 10.9 Å². The van der Waals surface area contributed by atoms with Crippen LogP contribution in [0.1, 0.15) is 16.1 Å². The summed E-state index contributed by atoms with van der Waals surface area (Å²) in [6.07, 6.45) is 0.851. The Morgan fingerprint density at radius 3 is 2.53 bits per heavy atom. The van der Waals surface area contributed by atoms with Crippen LogP contribution in [0.3, 0.4) is 0 Å². The van der Waals surface area contributed by atoms with Crippen LogP contribution in [0.25, 0.3) is 10.9 Å². The normalized spacial score (nSPS) is 10.8. The molecule has 0 spiro atoms. The van der Waals surface area contributed by atoms with Crippen molar-refractivity contribution in [1.82, 2.24) is 4.57 Å². The molecule has 0 unspecified atom stereocenters. The number of carbonyl (C=O) groups excluding carboxylic acids is 1. The first-order valence-corrected chi connectivity index (χ1v) is 6.06. The number of hydrogen-bond donors (Lipinski definition) is 0. The van der Waals surface area contributed by atoms with Crippen LogP contribution in [0, 0.1) is 5.82 Å². The lowest BCUT2D eigenvalue weighted by Crippen LogP contribution is -2.03. The second-order valence-electron chi connectivity index (χ2n) is 4.46. The molecule has 0 saturated heterocycles. The number of rotatable bonds is 3. The Labute approximate surface area is 110 Å². The molecule has 0 aliphatic rings. The molecule has 0 aliphatic heterocycles. The summed E-state index contributed by atoms with van der Waals surface area (Å²) in [6.45, 7) is 0.557. The maximum atomic E-state index is 12.9. The van der Waals surface area contributed by atoms with E-state index in [2.05, 4.69) is 0 Å². The molecule has 0 amide bonds. The summed E-state index contributed by atoms with van der Waals surface area (Å²) in [5.41, 5.74) is 2.60. The van der Waals surface area contributed by atoms with Crippen molar-refractivity contribution in [2.75, 3.05) is 0 Å². The Morgan fingerprint density at radius 2 is 1.79 bits per heavy atom. The first kappa shape index (κ1) is 11.7. The lowest BCUT2D eigenvalue weighted by Gasteiger charge is -2.07. The van der Waals surface area contributed by atoms with Gasteiger partial charge in [0.05, 0.1) is 5.69 Å². The molecule has 3 aromatic rings. The molecule has 0 aliphatic carbocycles. The highest BCUT2D eigenvalue weighted by atomic mass is 19.1. The van der Waals surface area contributed by atoms with Crippen molar-refractivity contribution >= 4 is 17.2 Å². The van der Waals surface area contributed by atoms with Crippen molar-refractivity contribution in [3.8, 4) is 0 Å². The van der Waals surface area contributed by atoms with E-state index >= 15 is 0 Å². The molecular formula is C16H12FNO. The molecule has 0 fully saturated rings. The summed E-state index contributed by atoms with van der Waals surface area (Å²) in [4.78, 5) is 11.2. The molecule has 2 aromatic carbocycles. The van der Waals surface area contributed by atoms with Gasteiger partial charge in [0.2, 0.25) is 0 Å². The van der Waals surface area contributed by atoms with Gasteiger partial charge in [0.25, 0.3) is 0 Å². The lowest BCUT2D eigenvalue weighted by atomic mass is 10.2. The van der Waals surface area contributed by atoms with Crippen LogP contribution in [-0.2, 0) is 6.54 Å². The van der Waals surface area contributed by atoms with E-state index < -0.39 is 0 Å². The quantitative estimate of drug-likeness (QED) is 0.653. The zero-order chi connectivity index (χ0) is 13.2. The van der Waals surface area contributed by atoms with Gasteiger partial charge >= 0.3 is 0 Å². The van der Waals surface area contributed by atoms with E-state index in [-0.39, 0.29) is 5.82 Å². The number of hydrogen-bond acceptors (Lipinski definition) is 1. The number of aromatic nitrogens is 1. The van der Waals surface area contributed by atoms with Crippen LogP contribution in [0.15, 0.2) is 54.6 Å². The fourth-order valence-corrected chi connectivity index (χ4v) is 2.28. The van der Waals surface area contributed by atoms with Crippen LogP contribution in [0.2, 0.25) is 0 Å². The van der Waals surface area contributed by atoms with Gasteiger partial charge in [0, 0.05) is 17.4 Å². The summed E-state index contributed by atoms with van der Waals surface area (Å²) in [6, 6.07) is 16.0. The lowest BCUT2D eigenvalue weighted by molar-refractivity contribution is 0.111. The SMILES string of the molecule is O=Cc1cc2ccccc2n1Cc1ccc(F)cc1. The van der Waals surface area contributed by atoms with Crippen molar-refractivity contribution in [2.24, 2.45) is 0 Å². The molecule has 94 valence electrons. The highest BCUT2D eigenvalue weighted by Gasteiger charge is 2.08. The van der Waals surface area contributed by atoms with E-state index in [0.29, 0.717) is 12.2 Å². The van der Waals surface area contributed by atoms with Gasteiger partial charge in [-0.05, 0) is 29.8 Å². The molecule has 0 radical (unpaired) electrons. The fraction of sp³-hybridized carbons (Fsp3) is 0.0625. The minimum absolute atomic E-state index is 0.253. The summed E-state index contributed by atoms with van der Waals surface area (Å²) >= 11 is 0. The minimum atomic E-state index is -0.253. The Hall–Kier alpha value is -2.42. The van der Waals surface area contributed by atoms with Crippen molar-refractivity contribution in [3.05, 3.63) is 71.7 Å². The molecule has 19 heavy (non-hydrogen) atoms. The van der Waals surface area contributed by atoms with Crippen molar-refractivity contribution < 1.29 is 9.18 Å². The van der Waals surface area contributed by atoms with Crippen LogP contribution >= 0.6 is 0 Å². The van der Waals surface area contributed by atoms with Gasteiger partial charge in [-0.2, -0.15) is 0 Å². The van der Waals surface area contributed by atoms with Gasteiger partial charge in [-0.1, -0.05) is 30.3 Å². The summed E-state index contributed by atoms with van der Waals surface area (Å²) in [5, 5.41) is 1.03. The zero-order valence-corrected chi connectivity index (χ0v) is 10.2. The van der Waals surface area contributed by atoms with Crippen molar-refractivity contribution in [1.29, 1.82) is 0 Å². The molecule has 3 heteroatoms. The number of nitrogens with zero attached hydrogens (tertiary/aromatic N) is 1. The highest BCUT2D eigenvalue weighted by molar-refractivity contribution is 5.88. The largest absolute Gasteiger partial charge is 0.334 e. The molecule has 1 aromatic heterocycles. The van der Waals surface area contributed by atoms with E-state index in [1.54, 1.807) is 12.1 Å². The monoisotopic (exact) mass is 253 g/mol. The van der Waals surface area contributed by atoms with E-state index in [4.69, 9.17) is 0 Å². The van der Waals surface area contributed by atoms with Crippen LogP contribution < -0.4 is 0 Å². The highest BCUT2D eigenvalue weighted by Crippen LogP contribution is 2.20. The van der Waals surface area contributed by atoms with E-state index in [0.717, 1.165) is 22.8 Å². The molecule has 0 N–H and O–H groups in total. The Kier molecular flexibility index (Phi) is 2.88. The number of carbonyl (C=O) groups is 1. The summed E-state index contributed by atoms with van der Waals surface area (Å²) < 4.78 is 14.8. The molecule has 2 nitrogen and oxygen atoms in total. The van der Waals surface area contributed by atoms with Crippen LogP contribution in [0.5, 0.6) is 0 Å². The van der Waals surface area contributed by atoms with Gasteiger partial charge in [0.1, 0.15) is 5.82 Å². The van der Waals surface area contributed by atoms with Crippen LogP contribution in [0.4, 0.5) is 4.39 Å². The molecule has 3 rings (SSSR count). The first-order valence-electron chi connectivity index (χ1n) is 6.06. The zero-order valence-electron chi connectivity index (χ0n) is 10.2. The van der Waals surface area contributed by atoms with Gasteiger partial charge in [-0.25, -0.2) is 4.39 Å². The molecule has 0 atom stereocenters. The summed E-state index contributed by atoms with van der Waals surface area (Å²) in [5.74, 6) is -0.253. The smallest absolute Gasteiger partial charge is 0.166 e. The van der Waals surface area contributed by atoms with Crippen molar-refractivity contribution in [3.63, 3.8) is 0 Å². The third-order valence-corrected chi connectivity index (χ3v) is 3.22. The number of fused-ring (bicyclic) bond motifs is 1. The molecule has 1 heterocycles. The number of halogens is 1. The van der Waals surface area contributed by atoms with Gasteiger partial charge in [-0.15, -0.1) is 0 Å². The Balaban J connectivity index is 2.08. The van der Waals surface area contributed by atoms with Crippen molar-refractivity contribution in [2.45, 2.75) is 6.54 Å². The number of para-hydroxylation sites is 1. The predicted molar refractivity (Wildman–Crippen MR) is 72.8 cm³/mol. The van der Waals surface area contributed by atoms with Gasteiger partial charge < -0.3 is 4.57 Å². The van der Waals surface area contributed by atoms with Gasteiger partial charge in [0.15, 0.2) is 6.29 Å². The second-order valence-corrected chi connectivity index (χ2v) is 4.46. The fourth-order valence-electron chi connectivity index (χ4n) is 2.28. The second kappa shape index (κ2) is 4.69. The van der Waals surface area contributed by atoms with E-state index in [9.17, 15) is 9.18 Å². The third-order valence-electron chi connectivity index (χ3n) is 3.22.